The fraction of sp³-hybridized carbons (Fsp3) is 0.0476. The van der Waals surface area contributed by atoms with Crippen molar-refractivity contribution < 1.29 is 0 Å². The second kappa shape index (κ2) is 7.93. The lowest BCUT2D eigenvalue weighted by atomic mass is 10.2. The van der Waals surface area contributed by atoms with Gasteiger partial charge in [-0.3, -0.25) is 9.97 Å². The highest BCUT2D eigenvalue weighted by molar-refractivity contribution is 6.30. The van der Waals surface area contributed by atoms with E-state index >= 15 is 0 Å². The Hall–Kier alpha value is -3.31. The molecule has 0 saturated carbocycles. The lowest BCUT2D eigenvalue weighted by molar-refractivity contribution is 1.07. The normalized spacial score (nSPS) is 10.6. The first-order valence-corrected chi connectivity index (χ1v) is 8.86. The fourth-order valence-corrected chi connectivity index (χ4v) is 2.71. The van der Waals surface area contributed by atoms with Crippen molar-refractivity contribution in [2.45, 2.75) is 6.54 Å². The molecule has 0 unspecified atom stereocenters. The van der Waals surface area contributed by atoms with Crippen molar-refractivity contribution in [2.75, 3.05) is 5.32 Å². The Kier molecular flexibility index (Phi) is 5.03. The highest BCUT2D eigenvalue weighted by atomic mass is 35.5. The molecule has 0 fully saturated rings. The van der Waals surface area contributed by atoms with Crippen molar-refractivity contribution in [2.24, 2.45) is 0 Å². The van der Waals surface area contributed by atoms with E-state index in [0.29, 0.717) is 23.9 Å². The summed E-state index contributed by atoms with van der Waals surface area (Å²) in [6.07, 6.45) is 3.48. The maximum atomic E-state index is 5.95. The average Bonchev–Trinajstić information content (AvgIpc) is 2.74. The molecule has 27 heavy (non-hydrogen) atoms. The van der Waals surface area contributed by atoms with E-state index < -0.39 is 0 Å². The molecule has 0 radical (unpaired) electrons. The number of halogens is 1. The largest absolute Gasteiger partial charge is 0.366 e. The smallest absolute Gasteiger partial charge is 0.180 e. The first kappa shape index (κ1) is 17.1. The Morgan fingerprint density at radius 1 is 0.741 bits per heavy atom. The molecule has 3 aromatic heterocycles. The summed E-state index contributed by atoms with van der Waals surface area (Å²) in [5.74, 6) is 1.26. The van der Waals surface area contributed by atoms with Crippen LogP contribution >= 0.6 is 11.6 Å². The number of nitrogens with zero attached hydrogens (tertiary/aromatic N) is 4. The highest BCUT2D eigenvalue weighted by Gasteiger charge is 2.10. The zero-order chi connectivity index (χ0) is 18.5. The van der Waals surface area contributed by atoms with Crippen molar-refractivity contribution >= 4 is 17.4 Å². The SMILES string of the molecule is Clc1ccc(CNc2cc(-c3ccccn3)nc(-c3ccccn3)n2)cc1. The van der Waals surface area contributed by atoms with Gasteiger partial charge in [0, 0.05) is 30.0 Å². The van der Waals surface area contributed by atoms with Crippen molar-refractivity contribution in [3.8, 4) is 22.9 Å². The number of nitrogens with one attached hydrogen (secondary N) is 1. The number of hydrogen-bond donors (Lipinski definition) is 1. The van der Waals surface area contributed by atoms with Gasteiger partial charge in [0.15, 0.2) is 5.82 Å². The van der Waals surface area contributed by atoms with Gasteiger partial charge in [-0.2, -0.15) is 0 Å². The quantitative estimate of drug-likeness (QED) is 0.541. The molecule has 0 aliphatic carbocycles. The standard InChI is InChI=1S/C21H16ClN5/c22-16-9-7-15(8-10-16)14-25-20-13-19(17-5-1-3-11-23-17)26-21(27-20)18-6-2-4-12-24-18/h1-13H,14H2,(H,25,26,27). The zero-order valence-electron chi connectivity index (χ0n) is 14.4. The molecule has 1 aromatic carbocycles. The van der Waals surface area contributed by atoms with E-state index in [1.807, 2.05) is 66.7 Å². The molecular weight excluding hydrogens is 358 g/mol. The maximum Gasteiger partial charge on any atom is 0.180 e. The first-order valence-electron chi connectivity index (χ1n) is 8.48. The molecule has 0 amide bonds. The minimum atomic E-state index is 0.553. The third kappa shape index (κ3) is 4.27. The molecule has 5 nitrogen and oxygen atoms in total. The number of rotatable bonds is 5. The molecular formula is C21H16ClN5. The summed E-state index contributed by atoms with van der Waals surface area (Å²) in [4.78, 5) is 18.0. The Labute approximate surface area is 162 Å². The molecule has 0 atom stereocenters. The lowest BCUT2D eigenvalue weighted by Crippen LogP contribution is -2.04. The van der Waals surface area contributed by atoms with Crippen LogP contribution in [0.5, 0.6) is 0 Å². The lowest BCUT2D eigenvalue weighted by Gasteiger charge is -2.10. The van der Waals surface area contributed by atoms with E-state index in [2.05, 4.69) is 25.3 Å². The molecule has 3 heterocycles. The van der Waals surface area contributed by atoms with Gasteiger partial charge in [-0.15, -0.1) is 0 Å². The van der Waals surface area contributed by atoms with Crippen LogP contribution in [0, 0.1) is 0 Å². The highest BCUT2D eigenvalue weighted by Crippen LogP contribution is 2.22. The van der Waals surface area contributed by atoms with Crippen LogP contribution in [0.25, 0.3) is 22.9 Å². The molecule has 0 aliphatic heterocycles. The van der Waals surface area contributed by atoms with Crippen LogP contribution in [-0.2, 0) is 6.54 Å². The molecule has 6 heteroatoms. The van der Waals surface area contributed by atoms with E-state index in [1.165, 1.54) is 0 Å². The molecule has 0 spiro atoms. The Balaban J connectivity index is 1.68. The summed E-state index contributed by atoms with van der Waals surface area (Å²) in [7, 11) is 0. The van der Waals surface area contributed by atoms with Crippen molar-refractivity contribution in [3.63, 3.8) is 0 Å². The van der Waals surface area contributed by atoms with Crippen molar-refractivity contribution in [1.82, 2.24) is 19.9 Å². The number of pyridine rings is 2. The van der Waals surface area contributed by atoms with E-state index in [4.69, 9.17) is 11.6 Å². The Morgan fingerprint density at radius 2 is 1.44 bits per heavy atom. The molecule has 4 aromatic rings. The minimum Gasteiger partial charge on any atom is -0.366 e. The number of benzene rings is 1. The predicted molar refractivity (Wildman–Crippen MR) is 107 cm³/mol. The van der Waals surface area contributed by atoms with Gasteiger partial charge in [-0.05, 0) is 42.0 Å². The van der Waals surface area contributed by atoms with Crippen LogP contribution in [0.4, 0.5) is 5.82 Å². The third-order valence-electron chi connectivity index (χ3n) is 3.93. The second-order valence-corrected chi connectivity index (χ2v) is 6.31. The minimum absolute atomic E-state index is 0.553. The van der Waals surface area contributed by atoms with Gasteiger partial charge < -0.3 is 5.32 Å². The van der Waals surface area contributed by atoms with Crippen LogP contribution in [0.15, 0.2) is 79.1 Å². The third-order valence-corrected chi connectivity index (χ3v) is 4.19. The van der Waals surface area contributed by atoms with Crippen molar-refractivity contribution in [3.05, 3.63) is 89.7 Å². The van der Waals surface area contributed by atoms with E-state index in [1.54, 1.807) is 12.4 Å². The molecule has 0 bridgehead atoms. The fourth-order valence-electron chi connectivity index (χ4n) is 2.59. The summed E-state index contributed by atoms with van der Waals surface area (Å²) >= 11 is 5.95. The molecule has 132 valence electrons. The maximum absolute atomic E-state index is 5.95. The van der Waals surface area contributed by atoms with E-state index in [-0.39, 0.29) is 0 Å². The predicted octanol–water partition coefficient (Wildman–Crippen LogP) is 4.87. The van der Waals surface area contributed by atoms with Crippen LogP contribution < -0.4 is 5.32 Å². The van der Waals surface area contributed by atoms with E-state index in [9.17, 15) is 0 Å². The van der Waals surface area contributed by atoms with Gasteiger partial charge in [0.1, 0.15) is 11.5 Å². The molecule has 0 aliphatic rings. The van der Waals surface area contributed by atoms with Crippen LogP contribution in [0.3, 0.4) is 0 Å². The number of aromatic nitrogens is 4. The van der Waals surface area contributed by atoms with Crippen LogP contribution in [0.2, 0.25) is 5.02 Å². The monoisotopic (exact) mass is 373 g/mol. The number of anilines is 1. The van der Waals surface area contributed by atoms with Crippen LogP contribution in [0.1, 0.15) is 5.56 Å². The summed E-state index contributed by atoms with van der Waals surface area (Å²) in [6, 6.07) is 21.0. The number of hydrogen-bond acceptors (Lipinski definition) is 5. The summed E-state index contributed by atoms with van der Waals surface area (Å²) in [6.45, 7) is 0.623. The van der Waals surface area contributed by atoms with Gasteiger partial charge in [0.2, 0.25) is 0 Å². The van der Waals surface area contributed by atoms with Gasteiger partial charge in [-0.1, -0.05) is 35.9 Å². The zero-order valence-corrected chi connectivity index (χ0v) is 15.1. The van der Waals surface area contributed by atoms with E-state index in [0.717, 1.165) is 22.0 Å². The summed E-state index contributed by atoms with van der Waals surface area (Å²) in [5.41, 5.74) is 3.35. The Morgan fingerprint density at radius 3 is 2.11 bits per heavy atom. The molecule has 4 rings (SSSR count). The van der Waals surface area contributed by atoms with Crippen molar-refractivity contribution in [1.29, 1.82) is 0 Å². The topological polar surface area (TPSA) is 63.6 Å². The van der Waals surface area contributed by atoms with Gasteiger partial charge in [-0.25, -0.2) is 9.97 Å². The van der Waals surface area contributed by atoms with Gasteiger partial charge >= 0.3 is 0 Å². The van der Waals surface area contributed by atoms with Gasteiger partial charge in [0.05, 0.1) is 11.4 Å². The van der Waals surface area contributed by atoms with Gasteiger partial charge in [0.25, 0.3) is 0 Å². The average molecular weight is 374 g/mol. The second-order valence-electron chi connectivity index (χ2n) is 5.87. The summed E-state index contributed by atoms with van der Waals surface area (Å²) in [5, 5.41) is 4.07. The van der Waals surface area contributed by atoms with Crippen LogP contribution in [-0.4, -0.2) is 19.9 Å². The summed E-state index contributed by atoms with van der Waals surface area (Å²) < 4.78 is 0. The Bertz CT molecular complexity index is 964. The molecule has 1 N–H and O–H groups in total. The first-order chi connectivity index (χ1) is 13.3. The molecule has 0 saturated heterocycles.